The molecule has 5 heteroatoms. The first-order valence-corrected chi connectivity index (χ1v) is 8.68. The monoisotopic (exact) mass is 340 g/mol. The third-order valence-electron chi connectivity index (χ3n) is 4.60. The van der Waals surface area contributed by atoms with Gasteiger partial charge in [-0.2, -0.15) is 0 Å². The van der Waals surface area contributed by atoms with E-state index in [0.717, 1.165) is 5.56 Å². The average Bonchev–Trinajstić information content (AvgIpc) is 2.64. The minimum Gasteiger partial charge on any atom is -0.366 e. The van der Waals surface area contributed by atoms with E-state index in [0.29, 0.717) is 19.0 Å². The van der Waals surface area contributed by atoms with Crippen LogP contribution in [-0.2, 0) is 16.1 Å². The van der Waals surface area contributed by atoms with E-state index >= 15 is 0 Å². The van der Waals surface area contributed by atoms with E-state index in [4.69, 9.17) is 4.74 Å². The molecule has 0 saturated carbocycles. The van der Waals surface area contributed by atoms with Gasteiger partial charge in [-0.25, -0.2) is 0 Å². The molecule has 1 aliphatic heterocycles. The molecule has 0 N–H and O–H groups in total. The van der Waals surface area contributed by atoms with E-state index in [-0.39, 0.29) is 30.2 Å². The number of amides is 1. The van der Waals surface area contributed by atoms with Crippen LogP contribution in [0.15, 0.2) is 59.5 Å². The summed E-state index contributed by atoms with van der Waals surface area (Å²) in [5.41, 5.74) is 0.909. The molecule has 132 valence electrons. The Morgan fingerprint density at radius 3 is 2.52 bits per heavy atom. The Hall–Kier alpha value is -2.40. The predicted molar refractivity (Wildman–Crippen MR) is 96.2 cm³/mol. The van der Waals surface area contributed by atoms with E-state index in [1.54, 1.807) is 18.3 Å². The molecule has 2 atom stereocenters. The van der Waals surface area contributed by atoms with Gasteiger partial charge < -0.3 is 14.2 Å². The molecule has 3 rings (SSSR count). The highest BCUT2D eigenvalue weighted by molar-refractivity contribution is 5.76. The fourth-order valence-corrected chi connectivity index (χ4v) is 3.05. The van der Waals surface area contributed by atoms with Crippen LogP contribution in [0.25, 0.3) is 0 Å². The summed E-state index contributed by atoms with van der Waals surface area (Å²) < 4.78 is 7.67. The fraction of sp³-hybridized carbons (Fsp3) is 0.400. The lowest BCUT2D eigenvalue weighted by molar-refractivity contribution is -0.150. The highest BCUT2D eigenvalue weighted by Gasteiger charge is 2.32. The van der Waals surface area contributed by atoms with Gasteiger partial charge in [0.05, 0.1) is 12.6 Å². The maximum Gasteiger partial charge on any atom is 0.250 e. The molecule has 1 aromatic carbocycles. The number of benzene rings is 1. The molecular weight excluding hydrogens is 316 g/mol. The summed E-state index contributed by atoms with van der Waals surface area (Å²) in [5.74, 6) is 0.254. The molecule has 1 saturated heterocycles. The lowest BCUT2D eigenvalue weighted by Gasteiger charge is -2.40. The van der Waals surface area contributed by atoms with Crippen molar-refractivity contribution in [1.82, 2.24) is 9.47 Å². The second-order valence-electron chi connectivity index (χ2n) is 6.78. The first-order chi connectivity index (χ1) is 12.0. The maximum atomic E-state index is 12.8. The van der Waals surface area contributed by atoms with Gasteiger partial charge in [0.15, 0.2) is 0 Å². The first-order valence-electron chi connectivity index (χ1n) is 8.68. The molecule has 5 nitrogen and oxygen atoms in total. The average molecular weight is 340 g/mol. The number of ether oxygens (including phenoxy) is 1. The van der Waals surface area contributed by atoms with Crippen molar-refractivity contribution in [2.75, 3.05) is 13.1 Å². The Bertz CT molecular complexity index is 770. The van der Waals surface area contributed by atoms with Crippen LogP contribution in [0.2, 0.25) is 0 Å². The van der Waals surface area contributed by atoms with Crippen LogP contribution in [0.4, 0.5) is 0 Å². The van der Waals surface area contributed by atoms with Gasteiger partial charge in [0.25, 0.3) is 5.56 Å². The highest BCUT2D eigenvalue weighted by Crippen LogP contribution is 2.28. The minimum atomic E-state index is -0.163. The van der Waals surface area contributed by atoms with Crippen LogP contribution < -0.4 is 5.56 Å². The number of hydrogen-bond donors (Lipinski definition) is 0. The number of pyridine rings is 1. The zero-order valence-electron chi connectivity index (χ0n) is 14.7. The standard InChI is InChI=1S/C20H24N2O3/c1-15(2)17-12-22(13-18(25-17)16-8-4-3-5-9-16)20(24)14-21-11-7-6-10-19(21)23/h3-11,15,17-18H,12-14H2,1-2H3/t17-,18+/m1/s1. The molecule has 1 aromatic heterocycles. The molecule has 0 spiro atoms. The van der Waals surface area contributed by atoms with Crippen LogP contribution in [0.5, 0.6) is 0 Å². The number of hydrogen-bond acceptors (Lipinski definition) is 3. The molecule has 1 amide bonds. The third-order valence-corrected chi connectivity index (χ3v) is 4.60. The lowest BCUT2D eigenvalue weighted by Crippen LogP contribution is -2.50. The van der Waals surface area contributed by atoms with Gasteiger partial charge in [0, 0.05) is 18.8 Å². The molecule has 0 aliphatic carbocycles. The predicted octanol–water partition coefficient (Wildman–Crippen LogP) is 2.47. The molecule has 1 fully saturated rings. The number of carbonyl (C=O) groups excluding carboxylic acids is 1. The molecule has 0 radical (unpaired) electrons. The number of rotatable bonds is 4. The maximum absolute atomic E-state index is 12.8. The van der Waals surface area contributed by atoms with Crippen molar-refractivity contribution in [2.24, 2.45) is 5.92 Å². The van der Waals surface area contributed by atoms with Crippen molar-refractivity contribution in [3.8, 4) is 0 Å². The smallest absolute Gasteiger partial charge is 0.250 e. The van der Waals surface area contributed by atoms with Gasteiger partial charge in [-0.15, -0.1) is 0 Å². The number of carbonyl (C=O) groups is 1. The van der Waals surface area contributed by atoms with E-state index in [1.807, 2.05) is 35.2 Å². The van der Waals surface area contributed by atoms with E-state index < -0.39 is 0 Å². The van der Waals surface area contributed by atoms with Crippen molar-refractivity contribution in [3.63, 3.8) is 0 Å². The van der Waals surface area contributed by atoms with Crippen LogP contribution in [0.3, 0.4) is 0 Å². The largest absolute Gasteiger partial charge is 0.366 e. The van der Waals surface area contributed by atoms with E-state index in [1.165, 1.54) is 10.6 Å². The summed E-state index contributed by atoms with van der Waals surface area (Å²) in [6, 6.07) is 14.9. The second-order valence-corrected chi connectivity index (χ2v) is 6.78. The van der Waals surface area contributed by atoms with Crippen LogP contribution in [-0.4, -0.2) is 34.6 Å². The zero-order valence-corrected chi connectivity index (χ0v) is 14.7. The van der Waals surface area contributed by atoms with Crippen molar-refractivity contribution >= 4 is 5.91 Å². The number of aromatic nitrogens is 1. The summed E-state index contributed by atoms with van der Waals surface area (Å²) >= 11 is 0. The molecule has 0 bridgehead atoms. The second kappa shape index (κ2) is 7.66. The Labute approximate surface area is 147 Å². The Morgan fingerprint density at radius 1 is 1.12 bits per heavy atom. The molecule has 2 aromatic rings. The van der Waals surface area contributed by atoms with Crippen molar-refractivity contribution < 1.29 is 9.53 Å². The fourth-order valence-electron chi connectivity index (χ4n) is 3.05. The highest BCUT2D eigenvalue weighted by atomic mass is 16.5. The topological polar surface area (TPSA) is 51.5 Å². The van der Waals surface area contributed by atoms with Gasteiger partial charge in [-0.1, -0.05) is 50.2 Å². The van der Waals surface area contributed by atoms with Crippen LogP contribution >= 0.6 is 0 Å². The third kappa shape index (κ3) is 4.17. The van der Waals surface area contributed by atoms with E-state index in [2.05, 4.69) is 13.8 Å². The van der Waals surface area contributed by atoms with Crippen LogP contribution in [0, 0.1) is 5.92 Å². The van der Waals surface area contributed by atoms with Crippen LogP contribution in [0.1, 0.15) is 25.5 Å². The van der Waals surface area contributed by atoms with Gasteiger partial charge in [0.2, 0.25) is 5.91 Å². The van der Waals surface area contributed by atoms with Crippen molar-refractivity contribution in [2.45, 2.75) is 32.6 Å². The molecular formula is C20H24N2O3. The van der Waals surface area contributed by atoms with Crippen molar-refractivity contribution in [3.05, 3.63) is 70.6 Å². The molecule has 0 unspecified atom stereocenters. The molecule has 25 heavy (non-hydrogen) atoms. The molecule has 1 aliphatic rings. The zero-order chi connectivity index (χ0) is 17.8. The number of morpholine rings is 1. The van der Waals surface area contributed by atoms with Gasteiger partial charge in [-0.05, 0) is 17.5 Å². The van der Waals surface area contributed by atoms with Crippen molar-refractivity contribution in [1.29, 1.82) is 0 Å². The summed E-state index contributed by atoms with van der Waals surface area (Å²) in [5, 5.41) is 0. The van der Waals surface area contributed by atoms with E-state index in [9.17, 15) is 9.59 Å². The lowest BCUT2D eigenvalue weighted by atomic mass is 10.0. The van der Waals surface area contributed by atoms with Gasteiger partial charge in [0.1, 0.15) is 12.6 Å². The number of nitrogens with zero attached hydrogens (tertiary/aromatic N) is 2. The summed E-state index contributed by atoms with van der Waals surface area (Å²) in [6.07, 6.45) is 1.49. The minimum absolute atomic E-state index is 0.0181. The summed E-state index contributed by atoms with van der Waals surface area (Å²) in [6.45, 7) is 5.33. The quantitative estimate of drug-likeness (QED) is 0.859. The summed E-state index contributed by atoms with van der Waals surface area (Å²) in [7, 11) is 0. The summed E-state index contributed by atoms with van der Waals surface area (Å²) in [4.78, 5) is 26.5. The normalized spacial score (nSPS) is 20.7. The Morgan fingerprint density at radius 2 is 1.84 bits per heavy atom. The van der Waals surface area contributed by atoms with Gasteiger partial charge >= 0.3 is 0 Å². The Balaban J connectivity index is 1.78. The van der Waals surface area contributed by atoms with Gasteiger partial charge in [-0.3, -0.25) is 9.59 Å². The molecule has 2 heterocycles. The Kier molecular flexibility index (Phi) is 5.34. The SMILES string of the molecule is CC(C)[C@H]1CN(C(=O)Cn2ccccc2=O)C[C@@H](c2ccccc2)O1. The first kappa shape index (κ1) is 17.4.